The minimum Gasteiger partial charge on any atom is -0.397 e. The van der Waals surface area contributed by atoms with Crippen LogP contribution in [0.2, 0.25) is 0 Å². The topological polar surface area (TPSA) is 78.8 Å². The second kappa shape index (κ2) is 5.83. The Morgan fingerprint density at radius 1 is 1.37 bits per heavy atom. The third kappa shape index (κ3) is 2.99. The summed E-state index contributed by atoms with van der Waals surface area (Å²) in [6.07, 6.45) is 3.32. The van der Waals surface area contributed by atoms with Gasteiger partial charge in [-0.25, -0.2) is 4.98 Å². The molecule has 0 unspecified atom stereocenters. The summed E-state index contributed by atoms with van der Waals surface area (Å²) in [5.74, 6) is 0.643. The minimum atomic E-state index is 0.484. The van der Waals surface area contributed by atoms with Gasteiger partial charge in [0.05, 0.1) is 29.7 Å². The number of nitrogen functional groups attached to an aromatic ring is 1. The van der Waals surface area contributed by atoms with E-state index in [-0.39, 0.29) is 0 Å². The van der Waals surface area contributed by atoms with Gasteiger partial charge < -0.3 is 10.6 Å². The highest BCUT2D eigenvalue weighted by Crippen LogP contribution is 2.20. The van der Waals surface area contributed by atoms with E-state index in [1.807, 2.05) is 30.0 Å². The Hall–Kier alpha value is -2.61. The lowest BCUT2D eigenvalue weighted by Gasteiger charge is -2.22. The molecule has 0 saturated carbocycles. The summed E-state index contributed by atoms with van der Waals surface area (Å²) >= 11 is 0. The number of pyridine rings is 2. The molecule has 2 aromatic rings. The number of nitriles is 1. The van der Waals surface area contributed by atoms with Gasteiger partial charge >= 0.3 is 0 Å². The molecule has 0 bridgehead atoms. The average Bonchev–Trinajstić information content (AvgIpc) is 2.46. The van der Waals surface area contributed by atoms with Crippen LogP contribution in [-0.2, 0) is 6.54 Å². The van der Waals surface area contributed by atoms with Crippen LogP contribution in [0, 0.1) is 11.3 Å². The predicted molar refractivity (Wildman–Crippen MR) is 74.3 cm³/mol. The zero-order valence-corrected chi connectivity index (χ0v) is 10.7. The van der Waals surface area contributed by atoms with E-state index in [1.54, 1.807) is 18.5 Å². The van der Waals surface area contributed by atoms with E-state index in [0.717, 1.165) is 12.2 Å². The number of hydrogen-bond donors (Lipinski definition) is 1. The Morgan fingerprint density at radius 3 is 2.84 bits per heavy atom. The van der Waals surface area contributed by atoms with E-state index in [2.05, 4.69) is 16.0 Å². The predicted octanol–water partition coefficient (Wildman–Crippen LogP) is 1.96. The average molecular weight is 253 g/mol. The molecule has 0 spiro atoms. The van der Waals surface area contributed by atoms with E-state index in [4.69, 9.17) is 11.0 Å². The molecule has 2 N–H and O–H groups in total. The van der Waals surface area contributed by atoms with Crippen molar-refractivity contribution in [3.8, 4) is 6.07 Å². The molecular weight excluding hydrogens is 238 g/mol. The van der Waals surface area contributed by atoms with E-state index in [0.29, 0.717) is 23.6 Å². The van der Waals surface area contributed by atoms with Gasteiger partial charge in [0.2, 0.25) is 0 Å². The zero-order valence-electron chi connectivity index (χ0n) is 10.7. The third-order valence-corrected chi connectivity index (χ3v) is 2.77. The van der Waals surface area contributed by atoms with Gasteiger partial charge in [0, 0.05) is 12.7 Å². The number of rotatable bonds is 4. The molecule has 19 heavy (non-hydrogen) atoms. The molecule has 0 aliphatic rings. The van der Waals surface area contributed by atoms with Crippen molar-refractivity contribution in [3.63, 3.8) is 0 Å². The first kappa shape index (κ1) is 12.8. The Morgan fingerprint density at radius 2 is 2.21 bits per heavy atom. The second-order valence-electron chi connectivity index (χ2n) is 4.09. The van der Waals surface area contributed by atoms with E-state index in [1.165, 1.54) is 0 Å². The first-order valence-electron chi connectivity index (χ1n) is 6.05. The van der Waals surface area contributed by atoms with Crippen LogP contribution in [0.5, 0.6) is 0 Å². The summed E-state index contributed by atoms with van der Waals surface area (Å²) in [6.45, 7) is 3.37. The lowest BCUT2D eigenvalue weighted by Crippen LogP contribution is -2.24. The number of nitrogens with zero attached hydrogens (tertiary/aromatic N) is 4. The fourth-order valence-corrected chi connectivity index (χ4v) is 1.83. The Bertz CT molecular complexity index is 589. The molecule has 0 aliphatic carbocycles. The maximum Gasteiger partial charge on any atom is 0.146 e. The van der Waals surface area contributed by atoms with Gasteiger partial charge in [-0.1, -0.05) is 6.07 Å². The molecule has 2 heterocycles. The van der Waals surface area contributed by atoms with E-state index in [9.17, 15) is 0 Å². The quantitative estimate of drug-likeness (QED) is 0.901. The van der Waals surface area contributed by atoms with Gasteiger partial charge in [-0.2, -0.15) is 5.26 Å². The fraction of sp³-hybridized carbons (Fsp3) is 0.214. The maximum absolute atomic E-state index is 9.17. The van der Waals surface area contributed by atoms with Gasteiger partial charge in [0.25, 0.3) is 0 Å². The fourth-order valence-electron chi connectivity index (χ4n) is 1.83. The summed E-state index contributed by atoms with van der Waals surface area (Å²) < 4.78 is 0. The minimum absolute atomic E-state index is 0.484. The summed E-state index contributed by atoms with van der Waals surface area (Å²) in [5.41, 5.74) is 7.57. The van der Waals surface area contributed by atoms with Crippen LogP contribution in [0.25, 0.3) is 0 Å². The van der Waals surface area contributed by atoms with E-state index >= 15 is 0 Å². The number of hydrogen-bond acceptors (Lipinski definition) is 5. The van der Waals surface area contributed by atoms with Crippen LogP contribution < -0.4 is 10.6 Å². The van der Waals surface area contributed by atoms with Crippen molar-refractivity contribution in [1.82, 2.24) is 9.97 Å². The lowest BCUT2D eigenvalue weighted by atomic mass is 10.2. The monoisotopic (exact) mass is 253 g/mol. The van der Waals surface area contributed by atoms with Crippen LogP contribution in [0.3, 0.4) is 0 Å². The summed E-state index contributed by atoms with van der Waals surface area (Å²) in [5, 5.41) is 9.17. The first-order valence-corrected chi connectivity index (χ1v) is 6.05. The van der Waals surface area contributed by atoms with Crippen molar-refractivity contribution in [1.29, 1.82) is 5.26 Å². The Balaban J connectivity index is 2.30. The Kier molecular flexibility index (Phi) is 3.94. The smallest absolute Gasteiger partial charge is 0.146 e. The van der Waals surface area contributed by atoms with Crippen molar-refractivity contribution in [2.24, 2.45) is 0 Å². The van der Waals surface area contributed by atoms with Crippen molar-refractivity contribution in [2.75, 3.05) is 17.2 Å². The first-order chi connectivity index (χ1) is 9.24. The summed E-state index contributed by atoms with van der Waals surface area (Å²) in [7, 11) is 0. The molecule has 2 aromatic heterocycles. The highest BCUT2D eigenvalue weighted by molar-refractivity contribution is 5.58. The van der Waals surface area contributed by atoms with Gasteiger partial charge in [-0.05, 0) is 25.1 Å². The lowest BCUT2D eigenvalue weighted by molar-refractivity contribution is 0.792. The van der Waals surface area contributed by atoms with Crippen molar-refractivity contribution in [3.05, 3.63) is 47.9 Å². The molecule has 0 atom stereocenters. The number of nitrogens with two attached hydrogens (primary N) is 1. The van der Waals surface area contributed by atoms with Crippen LogP contribution >= 0.6 is 0 Å². The van der Waals surface area contributed by atoms with Gasteiger partial charge in [0.1, 0.15) is 11.9 Å². The van der Waals surface area contributed by atoms with Crippen molar-refractivity contribution >= 4 is 11.5 Å². The van der Waals surface area contributed by atoms with Crippen LogP contribution in [0.15, 0.2) is 36.7 Å². The molecule has 5 nitrogen and oxygen atoms in total. The third-order valence-electron chi connectivity index (χ3n) is 2.77. The SMILES string of the molecule is CCN(Cc1ccccn1)c1ncc(N)cc1C#N. The molecule has 0 amide bonds. The van der Waals surface area contributed by atoms with Crippen molar-refractivity contribution < 1.29 is 0 Å². The Labute approximate surface area is 112 Å². The summed E-state index contributed by atoms with van der Waals surface area (Å²) in [6, 6.07) is 9.54. The van der Waals surface area contributed by atoms with E-state index < -0.39 is 0 Å². The largest absolute Gasteiger partial charge is 0.397 e. The number of anilines is 2. The molecule has 0 radical (unpaired) electrons. The second-order valence-corrected chi connectivity index (χ2v) is 4.09. The zero-order chi connectivity index (χ0) is 13.7. The van der Waals surface area contributed by atoms with Crippen LogP contribution in [-0.4, -0.2) is 16.5 Å². The maximum atomic E-state index is 9.17. The standard InChI is InChI=1S/C14H15N5/c1-2-19(10-13-5-3-4-6-17-13)14-11(8-15)7-12(16)9-18-14/h3-7,9H,2,10,16H2,1H3. The molecule has 5 heteroatoms. The molecular formula is C14H15N5. The van der Waals surface area contributed by atoms with Crippen LogP contribution in [0.1, 0.15) is 18.2 Å². The molecule has 0 fully saturated rings. The number of aromatic nitrogens is 2. The molecule has 96 valence electrons. The summed E-state index contributed by atoms with van der Waals surface area (Å²) in [4.78, 5) is 10.6. The molecule has 0 saturated heterocycles. The normalized spacial score (nSPS) is 9.89. The molecule has 0 aliphatic heterocycles. The van der Waals surface area contributed by atoms with Gasteiger partial charge in [-0.15, -0.1) is 0 Å². The van der Waals surface area contributed by atoms with Gasteiger partial charge in [0.15, 0.2) is 0 Å². The van der Waals surface area contributed by atoms with Gasteiger partial charge in [-0.3, -0.25) is 4.98 Å². The molecule has 0 aromatic carbocycles. The molecule has 2 rings (SSSR count). The van der Waals surface area contributed by atoms with Crippen LogP contribution in [0.4, 0.5) is 11.5 Å². The highest BCUT2D eigenvalue weighted by Gasteiger charge is 2.12. The highest BCUT2D eigenvalue weighted by atomic mass is 15.2. The van der Waals surface area contributed by atoms with Crippen molar-refractivity contribution in [2.45, 2.75) is 13.5 Å².